The molecule has 16 N–H and O–H groups in total. The van der Waals surface area contributed by atoms with Crippen molar-refractivity contribution in [2.45, 2.75) is 253 Å². The van der Waals surface area contributed by atoms with Gasteiger partial charge >= 0.3 is 0 Å². The largest absolute Gasteiger partial charge is 0.394 e. The van der Waals surface area contributed by atoms with Gasteiger partial charge in [-0.15, -0.1) is 0 Å². The molecule has 24 nitrogen and oxygen atoms in total. The Kier molecular flexibility index (Phi) is 18.8. The van der Waals surface area contributed by atoms with Crippen LogP contribution in [0, 0.1) is 45.3 Å². The van der Waals surface area contributed by atoms with Crippen molar-refractivity contribution in [3.05, 3.63) is 12.2 Å². The first-order chi connectivity index (χ1) is 36.3. The molecule has 0 aromatic heterocycles. The fourth-order valence-corrected chi connectivity index (χ4v) is 16.1. The predicted octanol–water partition coefficient (Wildman–Crippen LogP) is -3.23. The van der Waals surface area contributed by atoms with Gasteiger partial charge in [-0.05, 0) is 117 Å². The van der Waals surface area contributed by atoms with Crippen LogP contribution in [-0.2, 0) is 37.9 Å². The molecule has 0 aromatic carbocycles. The van der Waals surface area contributed by atoms with Gasteiger partial charge in [0.05, 0.1) is 49.8 Å². The van der Waals surface area contributed by atoms with Crippen LogP contribution in [0.25, 0.3) is 0 Å². The summed E-state index contributed by atoms with van der Waals surface area (Å²) in [5, 5.41) is 173. The van der Waals surface area contributed by atoms with Gasteiger partial charge in [-0.25, -0.2) is 0 Å². The van der Waals surface area contributed by atoms with Crippen LogP contribution in [0.15, 0.2) is 12.2 Å². The summed E-state index contributed by atoms with van der Waals surface area (Å²) in [6.45, 7) is 13.5. The first-order valence-electron chi connectivity index (χ1n) is 28.0. The molecule has 30 atom stereocenters. The first kappa shape index (κ1) is 62.8. The minimum absolute atomic E-state index is 0.00616. The van der Waals surface area contributed by atoms with Gasteiger partial charge in [0, 0.05) is 0 Å². The van der Waals surface area contributed by atoms with Crippen molar-refractivity contribution in [3.8, 4) is 0 Å². The maximum absolute atomic E-state index is 12.8. The lowest BCUT2D eigenvalue weighted by Gasteiger charge is -2.71. The molecule has 0 spiro atoms. The summed E-state index contributed by atoms with van der Waals surface area (Å²) in [5.74, 6) is -0.805. The molecule has 8 aliphatic rings. The molecule has 4 saturated carbocycles. The molecule has 0 radical (unpaired) electrons. The maximum Gasteiger partial charge on any atom is 0.187 e. The summed E-state index contributed by atoms with van der Waals surface area (Å²) < 4.78 is 48.7. The van der Waals surface area contributed by atoms with E-state index in [0.717, 1.165) is 12.8 Å². The summed E-state index contributed by atoms with van der Waals surface area (Å²) >= 11 is 0. The standard InChI is InChI=1S/C54H92O24/c1-49(2,70)13-9-14-54(8,78-47-43(69)39(65)36(62)28(75-47)22-71-45-41(67)37(63)33(59)25(19-55)72-45)23-10-16-53(7)32(23)24(58)18-30-51(5)15-12-31(50(3,4)29(51)11-17-52(30,53)6)76-48-44(40(66)35(61)27(21-57)74-48)77-46-42(68)38(64)34(60)26(20-56)73-46/h9,14,23-48,55-70H,10-13,15-22H2,1-8H3/b14-9+. The Bertz CT molecular complexity index is 2030. The molecule has 24 heteroatoms. The van der Waals surface area contributed by atoms with Gasteiger partial charge in [-0.2, -0.15) is 0 Å². The minimum Gasteiger partial charge on any atom is -0.394 e. The van der Waals surface area contributed by atoms with E-state index < -0.39 is 189 Å². The second-order valence-electron chi connectivity index (χ2n) is 26.2. The van der Waals surface area contributed by atoms with E-state index in [1.807, 2.05) is 6.92 Å². The van der Waals surface area contributed by atoms with Gasteiger partial charge in [0.1, 0.15) is 97.7 Å². The Hall–Kier alpha value is -1.22. The van der Waals surface area contributed by atoms with Gasteiger partial charge in [-0.1, -0.05) is 46.8 Å². The Labute approximate surface area is 455 Å². The van der Waals surface area contributed by atoms with Crippen molar-refractivity contribution in [2.24, 2.45) is 45.3 Å². The number of ether oxygens (including phenoxy) is 8. The Morgan fingerprint density at radius 3 is 1.60 bits per heavy atom. The van der Waals surface area contributed by atoms with Crippen molar-refractivity contribution in [2.75, 3.05) is 26.4 Å². The molecule has 4 saturated heterocycles. The van der Waals surface area contributed by atoms with Crippen LogP contribution in [0.5, 0.6) is 0 Å². The van der Waals surface area contributed by atoms with Crippen LogP contribution in [-0.4, -0.2) is 254 Å². The lowest BCUT2D eigenvalue weighted by atomic mass is 9.35. The molecule has 452 valence electrons. The van der Waals surface area contributed by atoms with Crippen LogP contribution in [0.2, 0.25) is 0 Å². The summed E-state index contributed by atoms with van der Waals surface area (Å²) in [5.41, 5.74) is -4.26. The predicted molar refractivity (Wildman–Crippen MR) is 268 cm³/mol. The van der Waals surface area contributed by atoms with Crippen LogP contribution < -0.4 is 0 Å². The summed E-state index contributed by atoms with van der Waals surface area (Å²) in [4.78, 5) is 0. The molecule has 4 aliphatic carbocycles. The molecule has 0 amide bonds. The third-order valence-electron chi connectivity index (χ3n) is 20.7. The smallest absolute Gasteiger partial charge is 0.187 e. The zero-order valence-electron chi connectivity index (χ0n) is 46.1. The Balaban J connectivity index is 1.02. The van der Waals surface area contributed by atoms with Crippen LogP contribution in [0.4, 0.5) is 0 Å². The second kappa shape index (κ2) is 23.3. The molecular formula is C54H92O24. The highest BCUT2D eigenvalue weighted by molar-refractivity contribution is 5.22. The van der Waals surface area contributed by atoms with Gasteiger partial charge in [0.2, 0.25) is 0 Å². The van der Waals surface area contributed by atoms with Gasteiger partial charge in [0.25, 0.3) is 0 Å². The van der Waals surface area contributed by atoms with Crippen LogP contribution in [0.3, 0.4) is 0 Å². The lowest BCUT2D eigenvalue weighted by Crippen LogP contribution is -2.68. The molecule has 0 aromatic rings. The van der Waals surface area contributed by atoms with Crippen molar-refractivity contribution in [1.82, 2.24) is 0 Å². The van der Waals surface area contributed by atoms with Crippen LogP contribution in [0.1, 0.15) is 107 Å². The monoisotopic (exact) mass is 1120 g/mol. The SMILES string of the molecule is CC(C)(O)C/C=C/C(C)(OC1OC(COC2OC(CO)C(O)C(O)C2O)C(O)C(O)C1O)C1CCC2(C)C1C(O)CC1C3(C)CCC(OC4OC(CO)C(O)C(O)C4OC4OC(CO)C(O)C(O)C4O)C(C)(C)C3CCC12C. The molecule has 30 unspecified atom stereocenters. The highest BCUT2D eigenvalue weighted by atomic mass is 16.8. The lowest BCUT2D eigenvalue weighted by molar-refractivity contribution is -0.378. The molecule has 0 bridgehead atoms. The van der Waals surface area contributed by atoms with E-state index in [0.29, 0.717) is 32.1 Å². The number of aliphatic hydroxyl groups is 16. The molecular weight excluding hydrogens is 1030 g/mol. The molecule has 8 rings (SSSR count). The normalized spacial score (nSPS) is 52.6. The number of hydrogen-bond donors (Lipinski definition) is 16. The van der Waals surface area contributed by atoms with E-state index in [2.05, 4.69) is 34.6 Å². The highest BCUT2D eigenvalue weighted by Crippen LogP contribution is 2.76. The van der Waals surface area contributed by atoms with Gasteiger partial charge in [-0.3, -0.25) is 0 Å². The molecule has 4 aliphatic heterocycles. The fraction of sp³-hybridized carbons (Fsp3) is 0.963. The van der Waals surface area contributed by atoms with E-state index >= 15 is 0 Å². The summed E-state index contributed by atoms with van der Waals surface area (Å²) in [6.07, 6.45) is -25.6. The number of aliphatic hydroxyl groups excluding tert-OH is 15. The summed E-state index contributed by atoms with van der Waals surface area (Å²) in [6, 6.07) is 0. The zero-order valence-corrected chi connectivity index (χ0v) is 46.1. The Morgan fingerprint density at radius 2 is 1.03 bits per heavy atom. The highest BCUT2D eigenvalue weighted by Gasteiger charge is 2.72. The molecule has 4 heterocycles. The molecule has 78 heavy (non-hydrogen) atoms. The number of rotatable bonds is 16. The van der Waals surface area contributed by atoms with Gasteiger partial charge in [0.15, 0.2) is 25.2 Å². The van der Waals surface area contributed by atoms with E-state index in [1.165, 1.54) is 0 Å². The quantitative estimate of drug-likeness (QED) is 0.0534. The average molecular weight is 1130 g/mol. The summed E-state index contributed by atoms with van der Waals surface area (Å²) in [7, 11) is 0. The van der Waals surface area contributed by atoms with E-state index in [-0.39, 0.29) is 35.0 Å². The Morgan fingerprint density at radius 1 is 0.526 bits per heavy atom. The van der Waals surface area contributed by atoms with Crippen molar-refractivity contribution in [3.63, 3.8) is 0 Å². The van der Waals surface area contributed by atoms with Crippen molar-refractivity contribution in [1.29, 1.82) is 0 Å². The third-order valence-corrected chi connectivity index (χ3v) is 20.7. The van der Waals surface area contributed by atoms with E-state index in [9.17, 15) is 81.7 Å². The van der Waals surface area contributed by atoms with E-state index in [4.69, 9.17) is 37.9 Å². The van der Waals surface area contributed by atoms with Crippen molar-refractivity contribution < 1.29 is 120 Å². The van der Waals surface area contributed by atoms with E-state index in [1.54, 1.807) is 26.0 Å². The second-order valence-corrected chi connectivity index (χ2v) is 26.2. The fourth-order valence-electron chi connectivity index (χ4n) is 16.1. The van der Waals surface area contributed by atoms with Crippen LogP contribution >= 0.6 is 0 Å². The molecule has 8 fully saturated rings. The first-order valence-corrected chi connectivity index (χ1v) is 28.0. The number of fused-ring (bicyclic) bond motifs is 5. The average Bonchev–Trinajstić information content (AvgIpc) is 3.95. The topological polar surface area (TPSA) is 398 Å². The zero-order chi connectivity index (χ0) is 57.6. The maximum atomic E-state index is 12.8. The van der Waals surface area contributed by atoms with Crippen molar-refractivity contribution >= 4 is 0 Å². The van der Waals surface area contributed by atoms with Gasteiger partial charge < -0.3 is 120 Å². The third kappa shape index (κ3) is 11.1. The number of hydrogen-bond acceptors (Lipinski definition) is 24. The minimum atomic E-state index is -1.83.